The van der Waals surface area contributed by atoms with E-state index < -0.39 is 0 Å². The van der Waals surface area contributed by atoms with Gasteiger partial charge in [0.25, 0.3) is 5.91 Å². The third-order valence-corrected chi connectivity index (χ3v) is 5.10. The summed E-state index contributed by atoms with van der Waals surface area (Å²) in [5.41, 5.74) is 2.00. The highest BCUT2D eigenvalue weighted by Crippen LogP contribution is 2.24. The third kappa shape index (κ3) is 4.55. The molecule has 5 nitrogen and oxygen atoms in total. The molecule has 1 saturated carbocycles. The number of carbonyl (C=O) groups excluding carboxylic acids is 1. The van der Waals surface area contributed by atoms with Gasteiger partial charge in [0.2, 0.25) is 0 Å². The zero-order chi connectivity index (χ0) is 19.4. The van der Waals surface area contributed by atoms with Crippen LogP contribution in [0.15, 0.2) is 29.8 Å². The second kappa shape index (κ2) is 8.36. The Morgan fingerprint density at radius 1 is 1.41 bits per heavy atom. The number of hydrogen-bond donors (Lipinski definition) is 1. The highest BCUT2D eigenvalue weighted by Gasteiger charge is 2.20. The van der Waals surface area contributed by atoms with Crippen LogP contribution in [0.4, 0.5) is 4.39 Å². The van der Waals surface area contributed by atoms with Crippen LogP contribution in [-0.4, -0.2) is 21.7 Å². The van der Waals surface area contributed by atoms with Crippen molar-refractivity contribution in [2.45, 2.75) is 45.2 Å². The Kier molecular flexibility index (Phi) is 5.92. The number of benzene rings is 1. The number of carbonyl (C=O) groups is 1. The van der Waals surface area contributed by atoms with E-state index in [4.69, 9.17) is 11.6 Å². The van der Waals surface area contributed by atoms with Crippen molar-refractivity contribution in [1.29, 1.82) is 5.26 Å². The van der Waals surface area contributed by atoms with E-state index in [2.05, 4.69) is 10.4 Å². The fourth-order valence-electron chi connectivity index (χ4n) is 3.22. The molecule has 0 atom stereocenters. The highest BCUT2D eigenvalue weighted by molar-refractivity contribution is 6.31. The third-order valence-electron chi connectivity index (χ3n) is 4.70. The molecule has 7 heteroatoms. The molecule has 1 aliphatic carbocycles. The van der Waals surface area contributed by atoms with Gasteiger partial charge in [-0.2, -0.15) is 10.4 Å². The first-order valence-electron chi connectivity index (χ1n) is 8.88. The van der Waals surface area contributed by atoms with Gasteiger partial charge >= 0.3 is 0 Å². The smallest absolute Gasteiger partial charge is 0.262 e. The van der Waals surface area contributed by atoms with Crippen LogP contribution in [0.2, 0.25) is 5.15 Å². The lowest BCUT2D eigenvalue weighted by Crippen LogP contribution is -2.33. The molecule has 0 spiro atoms. The first-order valence-corrected chi connectivity index (χ1v) is 9.25. The Labute approximate surface area is 162 Å². The van der Waals surface area contributed by atoms with Gasteiger partial charge in [-0.3, -0.25) is 4.79 Å². The SMILES string of the molecule is Cc1nn(Cc2ccc(F)cc2)c(Cl)c1/C=C(\C#N)C(=O)NC1CCCC1. The summed E-state index contributed by atoms with van der Waals surface area (Å²) in [6, 6.07) is 8.16. The van der Waals surface area contributed by atoms with Crippen LogP contribution in [0.1, 0.15) is 42.5 Å². The molecule has 1 aliphatic rings. The minimum Gasteiger partial charge on any atom is -0.349 e. The molecule has 0 aliphatic heterocycles. The van der Waals surface area contributed by atoms with E-state index in [-0.39, 0.29) is 23.3 Å². The summed E-state index contributed by atoms with van der Waals surface area (Å²) in [7, 11) is 0. The number of amides is 1. The Morgan fingerprint density at radius 3 is 2.70 bits per heavy atom. The van der Waals surface area contributed by atoms with Gasteiger partial charge in [-0.25, -0.2) is 9.07 Å². The van der Waals surface area contributed by atoms with Gasteiger partial charge in [0.05, 0.1) is 12.2 Å². The molecule has 1 aromatic carbocycles. The van der Waals surface area contributed by atoms with Gasteiger partial charge in [-0.1, -0.05) is 36.6 Å². The van der Waals surface area contributed by atoms with Gasteiger partial charge in [0.1, 0.15) is 22.6 Å². The summed E-state index contributed by atoms with van der Waals surface area (Å²) in [5, 5.41) is 17.0. The molecule has 27 heavy (non-hydrogen) atoms. The van der Waals surface area contributed by atoms with Crippen molar-refractivity contribution in [3.05, 3.63) is 57.6 Å². The molecule has 3 rings (SSSR count). The van der Waals surface area contributed by atoms with Crippen LogP contribution >= 0.6 is 11.6 Å². The summed E-state index contributed by atoms with van der Waals surface area (Å²) in [4.78, 5) is 12.4. The number of nitrogens with one attached hydrogen (secondary N) is 1. The first-order chi connectivity index (χ1) is 13.0. The summed E-state index contributed by atoms with van der Waals surface area (Å²) < 4.78 is 14.6. The molecule has 1 N–H and O–H groups in total. The highest BCUT2D eigenvalue weighted by atomic mass is 35.5. The molecule has 1 heterocycles. The average molecular weight is 387 g/mol. The lowest BCUT2D eigenvalue weighted by Gasteiger charge is -2.10. The topological polar surface area (TPSA) is 70.7 Å². The number of aromatic nitrogens is 2. The second-order valence-corrected chi connectivity index (χ2v) is 7.06. The predicted octanol–water partition coefficient (Wildman–Crippen LogP) is 4.00. The van der Waals surface area contributed by atoms with Crippen molar-refractivity contribution in [2.24, 2.45) is 0 Å². The quantitative estimate of drug-likeness (QED) is 0.623. The fraction of sp³-hybridized carbons (Fsp3) is 0.350. The van der Waals surface area contributed by atoms with Crippen molar-refractivity contribution < 1.29 is 9.18 Å². The molecule has 0 unspecified atom stereocenters. The Balaban J connectivity index is 1.81. The molecule has 1 amide bonds. The Hall–Kier alpha value is -2.65. The molecule has 1 aromatic heterocycles. The molecule has 1 fully saturated rings. The molecule has 2 aromatic rings. The maximum Gasteiger partial charge on any atom is 0.262 e. The lowest BCUT2D eigenvalue weighted by atomic mass is 10.1. The van der Waals surface area contributed by atoms with E-state index >= 15 is 0 Å². The van der Waals surface area contributed by atoms with Crippen LogP contribution in [0.5, 0.6) is 0 Å². The molecular weight excluding hydrogens is 367 g/mol. The molecule has 140 valence electrons. The number of aryl methyl sites for hydroxylation is 1. The first kappa shape index (κ1) is 19.1. The standard InChI is InChI=1S/C20H20ClFN4O/c1-13-18(10-15(11-23)20(27)24-17-4-2-3-5-17)19(21)26(25-13)12-14-6-8-16(22)9-7-14/h6-10,17H,2-5,12H2,1H3,(H,24,27)/b15-10+. The average Bonchev–Trinajstić information content (AvgIpc) is 3.24. The Bertz CT molecular complexity index is 905. The van der Waals surface area contributed by atoms with Crippen LogP contribution in [0.25, 0.3) is 6.08 Å². The number of hydrogen-bond acceptors (Lipinski definition) is 3. The van der Waals surface area contributed by atoms with Gasteiger partial charge in [0.15, 0.2) is 0 Å². The molecule has 0 radical (unpaired) electrons. The Morgan fingerprint density at radius 2 is 2.07 bits per heavy atom. The van der Waals surface area contributed by atoms with E-state index in [1.807, 2.05) is 6.07 Å². The van der Waals surface area contributed by atoms with Gasteiger partial charge in [-0.15, -0.1) is 0 Å². The van der Waals surface area contributed by atoms with Gasteiger partial charge < -0.3 is 5.32 Å². The van der Waals surface area contributed by atoms with E-state index in [0.717, 1.165) is 31.2 Å². The summed E-state index contributed by atoms with van der Waals surface area (Å²) in [6.07, 6.45) is 5.56. The normalized spacial score (nSPS) is 15.0. The maximum absolute atomic E-state index is 13.1. The number of nitrogens with zero attached hydrogens (tertiary/aromatic N) is 3. The van der Waals surface area contributed by atoms with Gasteiger partial charge in [-0.05, 0) is 43.5 Å². The lowest BCUT2D eigenvalue weighted by molar-refractivity contribution is -0.117. The van der Waals surface area contributed by atoms with Crippen molar-refractivity contribution in [1.82, 2.24) is 15.1 Å². The van der Waals surface area contributed by atoms with Crippen LogP contribution in [0.3, 0.4) is 0 Å². The maximum atomic E-state index is 13.1. The fourth-order valence-corrected chi connectivity index (χ4v) is 3.51. The van der Waals surface area contributed by atoms with Crippen molar-refractivity contribution >= 4 is 23.6 Å². The van der Waals surface area contributed by atoms with Gasteiger partial charge in [0, 0.05) is 11.6 Å². The summed E-state index contributed by atoms with van der Waals surface area (Å²) in [6.45, 7) is 2.13. The van der Waals surface area contributed by atoms with E-state index in [1.165, 1.54) is 18.2 Å². The molecule has 0 saturated heterocycles. The zero-order valence-electron chi connectivity index (χ0n) is 15.0. The number of halogens is 2. The van der Waals surface area contributed by atoms with Crippen molar-refractivity contribution in [3.63, 3.8) is 0 Å². The molecular formula is C20H20ClFN4O. The van der Waals surface area contributed by atoms with Crippen LogP contribution in [0, 0.1) is 24.1 Å². The zero-order valence-corrected chi connectivity index (χ0v) is 15.8. The van der Waals surface area contributed by atoms with Crippen LogP contribution in [-0.2, 0) is 11.3 Å². The van der Waals surface area contributed by atoms with Crippen LogP contribution < -0.4 is 5.32 Å². The summed E-state index contributed by atoms with van der Waals surface area (Å²) in [5.74, 6) is -0.691. The molecule has 0 bridgehead atoms. The summed E-state index contributed by atoms with van der Waals surface area (Å²) >= 11 is 6.43. The predicted molar refractivity (Wildman–Crippen MR) is 101 cm³/mol. The van der Waals surface area contributed by atoms with E-state index in [0.29, 0.717) is 23.0 Å². The van der Waals surface area contributed by atoms with Crippen molar-refractivity contribution in [3.8, 4) is 6.07 Å². The minimum absolute atomic E-state index is 0.00762. The number of nitriles is 1. The monoisotopic (exact) mass is 386 g/mol. The largest absolute Gasteiger partial charge is 0.349 e. The minimum atomic E-state index is -0.383. The number of rotatable bonds is 5. The van der Waals surface area contributed by atoms with E-state index in [9.17, 15) is 14.4 Å². The van der Waals surface area contributed by atoms with E-state index in [1.54, 1.807) is 23.7 Å². The second-order valence-electron chi connectivity index (χ2n) is 6.70. The van der Waals surface area contributed by atoms with Crippen molar-refractivity contribution in [2.75, 3.05) is 0 Å².